The van der Waals surface area contributed by atoms with Crippen LogP contribution in [0.5, 0.6) is 5.75 Å². The molecule has 0 aliphatic carbocycles. The van der Waals surface area contributed by atoms with Gasteiger partial charge in [-0.05, 0) is 24.3 Å². The lowest BCUT2D eigenvalue weighted by Crippen LogP contribution is -1.77. The lowest BCUT2D eigenvalue weighted by molar-refractivity contribution is 0.475. The maximum Gasteiger partial charge on any atom is 0.158 e. The first kappa shape index (κ1) is 11.2. The summed E-state index contributed by atoms with van der Waals surface area (Å²) in [6.07, 6.45) is 0. The average Bonchev–Trinajstić information content (AvgIpc) is 2.25. The summed E-state index contributed by atoms with van der Waals surface area (Å²) in [5, 5.41) is 8.63. The molecule has 0 spiro atoms. The molecule has 0 bridgehead atoms. The molecule has 15 heavy (non-hydrogen) atoms. The summed E-state index contributed by atoms with van der Waals surface area (Å²) in [5.41, 5.74) is 0. The zero-order chi connectivity index (χ0) is 11.1. The minimum Gasteiger partial charge on any atom is -0.508 e. The summed E-state index contributed by atoms with van der Waals surface area (Å²) >= 11 is 0. The van der Waals surface area contributed by atoms with Crippen molar-refractivity contribution in [2.24, 2.45) is 0 Å². The molecule has 0 aliphatic rings. The quantitative estimate of drug-likeness (QED) is 0.703. The fourth-order valence-electron chi connectivity index (χ4n) is 0.867. The summed E-state index contributed by atoms with van der Waals surface area (Å²) in [7, 11) is 0. The Balaban J connectivity index is 0.000000151. The van der Waals surface area contributed by atoms with Crippen LogP contribution in [0, 0.1) is 11.6 Å². The van der Waals surface area contributed by atoms with E-state index in [2.05, 4.69) is 0 Å². The lowest BCUT2D eigenvalue weighted by Gasteiger charge is -1.85. The van der Waals surface area contributed by atoms with E-state index in [0.717, 1.165) is 12.1 Å². The molecule has 0 saturated heterocycles. The van der Waals surface area contributed by atoms with Gasteiger partial charge in [0.15, 0.2) is 11.6 Å². The maximum atomic E-state index is 11.9. The first-order chi connectivity index (χ1) is 7.20. The molecular formula is C12H10F2O. The number of phenols is 1. The minimum absolute atomic E-state index is 0.322. The lowest BCUT2D eigenvalue weighted by atomic mass is 10.3. The molecule has 0 aliphatic heterocycles. The van der Waals surface area contributed by atoms with Gasteiger partial charge in [0.25, 0.3) is 0 Å². The van der Waals surface area contributed by atoms with E-state index in [9.17, 15) is 8.78 Å². The van der Waals surface area contributed by atoms with E-state index in [4.69, 9.17) is 5.11 Å². The molecule has 0 unspecified atom stereocenters. The summed E-state index contributed by atoms with van der Waals surface area (Å²) in [6.45, 7) is 0. The third kappa shape index (κ3) is 4.22. The van der Waals surface area contributed by atoms with E-state index in [-0.39, 0.29) is 0 Å². The van der Waals surface area contributed by atoms with Crippen LogP contribution in [0.15, 0.2) is 54.6 Å². The molecule has 2 aromatic carbocycles. The largest absolute Gasteiger partial charge is 0.508 e. The number of hydrogen-bond donors (Lipinski definition) is 1. The minimum atomic E-state index is -0.799. The summed E-state index contributed by atoms with van der Waals surface area (Å²) in [6, 6.07) is 13.8. The van der Waals surface area contributed by atoms with Gasteiger partial charge in [0.05, 0.1) is 0 Å². The van der Waals surface area contributed by atoms with Crippen LogP contribution < -0.4 is 0 Å². The van der Waals surface area contributed by atoms with Gasteiger partial charge in [0.1, 0.15) is 5.75 Å². The van der Waals surface area contributed by atoms with Crippen molar-refractivity contribution in [3.63, 3.8) is 0 Å². The zero-order valence-corrected chi connectivity index (χ0v) is 7.90. The summed E-state index contributed by atoms with van der Waals surface area (Å²) < 4.78 is 23.9. The second-order valence-electron chi connectivity index (χ2n) is 2.75. The van der Waals surface area contributed by atoms with Gasteiger partial charge in [-0.2, -0.15) is 0 Å². The molecule has 78 valence electrons. The Labute approximate surface area is 86.6 Å². The van der Waals surface area contributed by atoms with Gasteiger partial charge < -0.3 is 5.11 Å². The van der Waals surface area contributed by atoms with Crippen molar-refractivity contribution in [3.05, 3.63) is 66.2 Å². The van der Waals surface area contributed by atoms with Crippen molar-refractivity contribution in [3.8, 4) is 5.75 Å². The Morgan fingerprint density at radius 3 is 1.33 bits per heavy atom. The van der Waals surface area contributed by atoms with Crippen molar-refractivity contribution in [1.82, 2.24) is 0 Å². The van der Waals surface area contributed by atoms with Crippen molar-refractivity contribution >= 4 is 0 Å². The number of phenolic OH excluding ortho intramolecular Hbond substituents is 1. The Morgan fingerprint density at radius 1 is 0.667 bits per heavy atom. The van der Waals surface area contributed by atoms with Crippen LogP contribution in [0.4, 0.5) is 8.78 Å². The molecule has 0 heterocycles. The molecule has 0 amide bonds. The van der Waals surface area contributed by atoms with Crippen molar-refractivity contribution in [2.75, 3.05) is 0 Å². The smallest absolute Gasteiger partial charge is 0.158 e. The third-order valence-corrected chi connectivity index (χ3v) is 1.58. The predicted octanol–water partition coefficient (Wildman–Crippen LogP) is 3.36. The summed E-state index contributed by atoms with van der Waals surface area (Å²) in [4.78, 5) is 0. The Morgan fingerprint density at radius 2 is 1.07 bits per heavy atom. The Bertz CT molecular complexity index is 380. The molecular weight excluding hydrogens is 198 g/mol. The molecule has 3 heteroatoms. The van der Waals surface area contributed by atoms with Gasteiger partial charge >= 0.3 is 0 Å². The van der Waals surface area contributed by atoms with E-state index in [1.807, 2.05) is 6.07 Å². The second kappa shape index (κ2) is 5.75. The van der Waals surface area contributed by atoms with Crippen LogP contribution in [-0.4, -0.2) is 5.11 Å². The normalized spacial score (nSPS) is 8.93. The number of benzene rings is 2. The van der Waals surface area contributed by atoms with E-state index < -0.39 is 11.6 Å². The van der Waals surface area contributed by atoms with E-state index in [0.29, 0.717) is 5.75 Å². The maximum absolute atomic E-state index is 11.9. The number of para-hydroxylation sites is 1. The molecule has 0 atom stereocenters. The molecule has 0 fully saturated rings. The molecule has 0 radical (unpaired) electrons. The van der Waals surface area contributed by atoms with Crippen LogP contribution in [0.3, 0.4) is 0 Å². The topological polar surface area (TPSA) is 20.2 Å². The molecule has 1 N–H and O–H groups in total. The van der Waals surface area contributed by atoms with E-state index >= 15 is 0 Å². The fourth-order valence-corrected chi connectivity index (χ4v) is 0.867. The van der Waals surface area contributed by atoms with Gasteiger partial charge in [-0.3, -0.25) is 0 Å². The first-order valence-electron chi connectivity index (χ1n) is 4.34. The van der Waals surface area contributed by atoms with Crippen LogP contribution in [0.1, 0.15) is 0 Å². The van der Waals surface area contributed by atoms with Gasteiger partial charge in [-0.1, -0.05) is 30.3 Å². The Kier molecular flexibility index (Phi) is 4.29. The van der Waals surface area contributed by atoms with Gasteiger partial charge in [-0.15, -0.1) is 0 Å². The highest BCUT2D eigenvalue weighted by molar-refractivity contribution is 5.18. The average molecular weight is 208 g/mol. The zero-order valence-electron chi connectivity index (χ0n) is 7.90. The number of hydrogen-bond acceptors (Lipinski definition) is 1. The van der Waals surface area contributed by atoms with E-state index in [1.165, 1.54) is 12.1 Å². The molecule has 2 rings (SSSR count). The fraction of sp³-hybridized carbons (Fsp3) is 0. The van der Waals surface area contributed by atoms with Gasteiger partial charge in [0, 0.05) is 0 Å². The highest BCUT2D eigenvalue weighted by atomic mass is 19.2. The van der Waals surface area contributed by atoms with Crippen LogP contribution in [-0.2, 0) is 0 Å². The van der Waals surface area contributed by atoms with Crippen molar-refractivity contribution in [1.29, 1.82) is 0 Å². The highest BCUT2D eigenvalue weighted by Crippen LogP contribution is 2.03. The molecule has 1 nitrogen and oxygen atoms in total. The number of aromatic hydroxyl groups is 1. The monoisotopic (exact) mass is 208 g/mol. The second-order valence-corrected chi connectivity index (χ2v) is 2.75. The van der Waals surface area contributed by atoms with Gasteiger partial charge in [-0.25, -0.2) is 8.78 Å². The molecule has 0 aromatic heterocycles. The summed E-state index contributed by atoms with van der Waals surface area (Å²) in [5.74, 6) is -1.28. The van der Waals surface area contributed by atoms with Crippen LogP contribution >= 0.6 is 0 Å². The predicted molar refractivity (Wildman–Crippen MR) is 54.5 cm³/mol. The SMILES string of the molecule is Fc1ccccc1F.Oc1ccccc1. The number of rotatable bonds is 0. The van der Waals surface area contributed by atoms with Crippen molar-refractivity contribution in [2.45, 2.75) is 0 Å². The van der Waals surface area contributed by atoms with Crippen LogP contribution in [0.2, 0.25) is 0 Å². The molecule has 0 saturated carbocycles. The van der Waals surface area contributed by atoms with Crippen LogP contribution in [0.25, 0.3) is 0 Å². The standard InChI is InChI=1S/C6H4F2.C6H6O/c7-5-3-1-2-4-6(5)8;7-6-4-2-1-3-5-6/h1-4H;1-5,7H. The Hall–Kier alpha value is -1.90. The van der Waals surface area contributed by atoms with Gasteiger partial charge in [0.2, 0.25) is 0 Å². The first-order valence-corrected chi connectivity index (χ1v) is 4.34. The molecule has 2 aromatic rings. The third-order valence-electron chi connectivity index (χ3n) is 1.58. The number of halogens is 2. The van der Waals surface area contributed by atoms with E-state index in [1.54, 1.807) is 24.3 Å². The highest BCUT2D eigenvalue weighted by Gasteiger charge is 1.93. The van der Waals surface area contributed by atoms with Crippen molar-refractivity contribution < 1.29 is 13.9 Å².